The maximum atomic E-state index is 12.7. The molecule has 0 aromatic heterocycles. The Hall–Kier alpha value is -1.83. The molecular weight excluding hydrogens is 318 g/mol. The molecule has 1 fully saturated rings. The van der Waals surface area contributed by atoms with Crippen LogP contribution in [0.5, 0.6) is 0 Å². The van der Waals surface area contributed by atoms with Crippen molar-refractivity contribution in [3.05, 3.63) is 64.7 Å². The zero-order valence-electron chi connectivity index (χ0n) is 11.9. The van der Waals surface area contributed by atoms with Gasteiger partial charge in [0.05, 0.1) is 22.1 Å². The first-order valence-corrected chi connectivity index (χ1v) is 8.83. The van der Waals surface area contributed by atoms with Crippen molar-refractivity contribution >= 4 is 21.4 Å². The van der Waals surface area contributed by atoms with Crippen LogP contribution in [0.2, 0.25) is 5.02 Å². The highest BCUT2D eigenvalue weighted by atomic mass is 35.5. The van der Waals surface area contributed by atoms with Crippen LogP contribution in [0.25, 0.3) is 0 Å². The summed E-state index contributed by atoms with van der Waals surface area (Å²) in [5, 5.41) is 9.09. The fourth-order valence-electron chi connectivity index (χ4n) is 2.79. The van der Waals surface area contributed by atoms with E-state index in [1.54, 1.807) is 12.1 Å². The second-order valence-corrected chi connectivity index (χ2v) is 8.10. The third kappa shape index (κ3) is 2.51. The molecule has 1 aliphatic rings. The van der Waals surface area contributed by atoms with E-state index < -0.39 is 21.0 Å². The highest BCUT2D eigenvalue weighted by molar-refractivity contribution is 7.92. The second-order valence-electron chi connectivity index (χ2n) is 5.55. The zero-order chi connectivity index (χ0) is 15.9. The summed E-state index contributed by atoms with van der Waals surface area (Å²) in [6.07, 6.45) is 0. The number of nitrogens with zero attached hydrogens (tertiary/aromatic N) is 1. The minimum absolute atomic E-state index is 0.219. The monoisotopic (exact) mass is 331 g/mol. The Kier molecular flexibility index (Phi) is 3.72. The molecule has 0 bridgehead atoms. The third-order valence-corrected chi connectivity index (χ3v) is 6.55. The topological polar surface area (TPSA) is 57.9 Å². The van der Waals surface area contributed by atoms with Crippen molar-refractivity contribution in [2.75, 3.05) is 0 Å². The van der Waals surface area contributed by atoms with Crippen LogP contribution >= 0.6 is 11.6 Å². The summed E-state index contributed by atoms with van der Waals surface area (Å²) in [6, 6.07) is 15.9. The summed E-state index contributed by atoms with van der Waals surface area (Å²) < 4.78 is 25.5. The highest BCUT2D eigenvalue weighted by Gasteiger charge is 2.59. The summed E-state index contributed by atoms with van der Waals surface area (Å²) in [4.78, 5) is 0.219. The number of aryl methyl sites for hydroxylation is 1. The number of rotatable bonds is 3. The Balaban J connectivity index is 1.95. The molecule has 5 heteroatoms. The van der Waals surface area contributed by atoms with Gasteiger partial charge in [0, 0.05) is 10.9 Å². The number of sulfone groups is 1. The molecule has 0 radical (unpaired) electrons. The molecule has 1 aliphatic carbocycles. The summed E-state index contributed by atoms with van der Waals surface area (Å²) in [5.74, 6) is -0.755. The lowest BCUT2D eigenvalue weighted by Gasteiger charge is -2.04. The number of benzene rings is 2. The number of nitriles is 1. The van der Waals surface area contributed by atoms with Gasteiger partial charge in [0.1, 0.15) is 0 Å². The maximum Gasteiger partial charge on any atom is 0.183 e. The summed E-state index contributed by atoms with van der Waals surface area (Å²) in [7, 11) is -3.53. The van der Waals surface area contributed by atoms with E-state index in [0.717, 1.165) is 11.1 Å². The molecule has 22 heavy (non-hydrogen) atoms. The molecule has 0 unspecified atom stereocenters. The van der Waals surface area contributed by atoms with Gasteiger partial charge in [0.2, 0.25) is 0 Å². The fourth-order valence-corrected chi connectivity index (χ4v) is 4.98. The Morgan fingerprint density at radius 2 is 1.64 bits per heavy atom. The van der Waals surface area contributed by atoms with E-state index in [2.05, 4.69) is 6.07 Å². The highest BCUT2D eigenvalue weighted by Crippen LogP contribution is 2.53. The van der Waals surface area contributed by atoms with Crippen LogP contribution < -0.4 is 0 Å². The van der Waals surface area contributed by atoms with E-state index in [-0.39, 0.29) is 10.8 Å². The standard InChI is InChI=1S/C17H14ClNO2S/c1-11-2-4-12(5-3-11)16-15(10-19)17(16)22(20,21)14-8-6-13(18)7-9-14/h2-9,15-17H,1H3/t15-,16-,17+/m1/s1. The molecule has 1 saturated carbocycles. The van der Waals surface area contributed by atoms with Gasteiger partial charge in [-0.1, -0.05) is 41.4 Å². The van der Waals surface area contributed by atoms with E-state index in [1.165, 1.54) is 12.1 Å². The fraction of sp³-hybridized carbons (Fsp3) is 0.235. The molecule has 0 aliphatic heterocycles. The van der Waals surface area contributed by atoms with Crippen LogP contribution in [0.4, 0.5) is 0 Å². The van der Waals surface area contributed by atoms with Crippen molar-refractivity contribution in [3.63, 3.8) is 0 Å². The molecule has 0 saturated heterocycles. The van der Waals surface area contributed by atoms with Crippen LogP contribution in [0.15, 0.2) is 53.4 Å². The SMILES string of the molecule is Cc1ccc([C@@H]2[C@@H](C#N)[C@@H]2S(=O)(=O)c2ccc(Cl)cc2)cc1. The first-order chi connectivity index (χ1) is 10.4. The van der Waals surface area contributed by atoms with E-state index >= 15 is 0 Å². The van der Waals surface area contributed by atoms with Gasteiger partial charge in [-0.2, -0.15) is 5.26 Å². The van der Waals surface area contributed by atoms with Gasteiger partial charge in [0.15, 0.2) is 9.84 Å². The largest absolute Gasteiger partial charge is 0.223 e. The smallest absolute Gasteiger partial charge is 0.183 e. The summed E-state index contributed by atoms with van der Waals surface area (Å²) >= 11 is 5.81. The van der Waals surface area contributed by atoms with Crippen LogP contribution in [0.3, 0.4) is 0 Å². The van der Waals surface area contributed by atoms with Crippen molar-refractivity contribution in [2.24, 2.45) is 5.92 Å². The van der Waals surface area contributed by atoms with Crippen molar-refractivity contribution < 1.29 is 8.42 Å². The molecule has 3 nitrogen and oxygen atoms in total. The first kappa shape index (κ1) is 15.1. The van der Waals surface area contributed by atoms with Gasteiger partial charge >= 0.3 is 0 Å². The van der Waals surface area contributed by atoms with E-state index in [1.807, 2.05) is 31.2 Å². The van der Waals surface area contributed by atoms with Gasteiger partial charge in [-0.05, 0) is 36.8 Å². The average molecular weight is 332 g/mol. The molecule has 2 aromatic rings. The molecule has 0 amide bonds. The lowest BCUT2D eigenvalue weighted by Crippen LogP contribution is -2.10. The Bertz CT molecular complexity index is 836. The molecule has 112 valence electrons. The van der Waals surface area contributed by atoms with Gasteiger partial charge in [-0.3, -0.25) is 0 Å². The van der Waals surface area contributed by atoms with Crippen LogP contribution in [-0.2, 0) is 9.84 Å². The predicted molar refractivity (Wildman–Crippen MR) is 85.4 cm³/mol. The van der Waals surface area contributed by atoms with Gasteiger partial charge < -0.3 is 0 Å². The average Bonchev–Trinajstić information content (AvgIpc) is 3.24. The lowest BCUT2D eigenvalue weighted by atomic mass is 10.1. The molecule has 0 N–H and O–H groups in total. The summed E-state index contributed by atoms with van der Waals surface area (Å²) in [5.41, 5.74) is 2.01. The Morgan fingerprint density at radius 1 is 1.05 bits per heavy atom. The molecule has 2 aromatic carbocycles. The second kappa shape index (κ2) is 5.42. The van der Waals surface area contributed by atoms with E-state index in [9.17, 15) is 13.7 Å². The molecule has 0 heterocycles. The zero-order valence-corrected chi connectivity index (χ0v) is 13.5. The van der Waals surface area contributed by atoms with Gasteiger partial charge in [0.25, 0.3) is 0 Å². The lowest BCUT2D eigenvalue weighted by molar-refractivity contribution is 0.593. The van der Waals surface area contributed by atoms with E-state index in [4.69, 9.17) is 11.6 Å². The third-order valence-electron chi connectivity index (χ3n) is 4.07. The molecular formula is C17H14ClNO2S. The van der Waals surface area contributed by atoms with Crippen molar-refractivity contribution in [2.45, 2.75) is 23.0 Å². The minimum atomic E-state index is -3.53. The minimum Gasteiger partial charge on any atom is -0.223 e. The van der Waals surface area contributed by atoms with Gasteiger partial charge in [-0.15, -0.1) is 0 Å². The molecule has 3 atom stereocenters. The predicted octanol–water partition coefficient (Wildman–Crippen LogP) is 3.73. The molecule has 3 rings (SSSR count). The van der Waals surface area contributed by atoms with Crippen LogP contribution in [0.1, 0.15) is 17.0 Å². The molecule has 0 spiro atoms. The van der Waals surface area contributed by atoms with Crippen molar-refractivity contribution in [1.82, 2.24) is 0 Å². The quantitative estimate of drug-likeness (QED) is 0.861. The van der Waals surface area contributed by atoms with E-state index in [0.29, 0.717) is 5.02 Å². The Morgan fingerprint density at radius 3 is 2.18 bits per heavy atom. The Labute approximate surface area is 135 Å². The summed E-state index contributed by atoms with van der Waals surface area (Å²) in [6.45, 7) is 1.97. The number of hydrogen-bond donors (Lipinski definition) is 0. The van der Waals surface area contributed by atoms with Crippen molar-refractivity contribution in [3.8, 4) is 6.07 Å². The van der Waals surface area contributed by atoms with Crippen LogP contribution in [0, 0.1) is 24.2 Å². The normalized spacial score (nSPS) is 23.8. The number of hydrogen-bond acceptors (Lipinski definition) is 3. The number of halogens is 1. The maximum absolute atomic E-state index is 12.7. The van der Waals surface area contributed by atoms with Crippen LogP contribution in [-0.4, -0.2) is 13.7 Å². The van der Waals surface area contributed by atoms with Crippen molar-refractivity contribution in [1.29, 1.82) is 5.26 Å². The van der Waals surface area contributed by atoms with Gasteiger partial charge in [-0.25, -0.2) is 8.42 Å². The first-order valence-electron chi connectivity index (χ1n) is 6.91.